The van der Waals surface area contributed by atoms with Crippen molar-refractivity contribution in [2.75, 3.05) is 30.3 Å². The van der Waals surface area contributed by atoms with Gasteiger partial charge in [-0.15, -0.1) is 0 Å². The second-order valence-corrected chi connectivity index (χ2v) is 10.2. The van der Waals surface area contributed by atoms with Crippen molar-refractivity contribution in [3.8, 4) is 11.1 Å². The molecule has 1 saturated heterocycles. The molecule has 3 aliphatic rings. The molecule has 2 saturated carbocycles. The van der Waals surface area contributed by atoms with Gasteiger partial charge in [0.05, 0.1) is 17.4 Å². The number of alkyl halides is 3. The lowest BCUT2D eigenvalue weighted by atomic mass is 9.96. The van der Waals surface area contributed by atoms with Gasteiger partial charge in [-0.05, 0) is 54.7 Å². The fourth-order valence-corrected chi connectivity index (χ4v) is 5.50. The molecule has 6 rings (SSSR count). The van der Waals surface area contributed by atoms with Crippen LogP contribution >= 0.6 is 0 Å². The Bertz CT molecular complexity index is 1310. The predicted octanol–water partition coefficient (Wildman–Crippen LogP) is 5.14. The Balaban J connectivity index is 1.33. The highest BCUT2D eigenvalue weighted by Crippen LogP contribution is 2.47. The van der Waals surface area contributed by atoms with E-state index >= 15 is 0 Å². The Morgan fingerprint density at radius 3 is 2.61 bits per heavy atom. The van der Waals surface area contributed by atoms with Gasteiger partial charge in [-0.25, -0.2) is 4.98 Å². The zero-order valence-electron chi connectivity index (χ0n) is 19.8. The Hall–Kier alpha value is -3.36. The molecule has 188 valence electrons. The number of anilines is 2. The largest absolute Gasteiger partial charge is 0.397 e. The van der Waals surface area contributed by atoms with Gasteiger partial charge < -0.3 is 15.5 Å². The van der Waals surface area contributed by atoms with E-state index in [1.807, 2.05) is 30.5 Å². The summed E-state index contributed by atoms with van der Waals surface area (Å²) in [6.07, 6.45) is 1.72. The molecule has 1 aromatic carbocycles. The summed E-state index contributed by atoms with van der Waals surface area (Å²) in [5.74, 6) is 0.443. The maximum Gasteiger partial charge on any atom is 0.397 e. The van der Waals surface area contributed by atoms with E-state index < -0.39 is 18.5 Å². The fourth-order valence-electron chi connectivity index (χ4n) is 5.50. The summed E-state index contributed by atoms with van der Waals surface area (Å²) in [5.41, 5.74) is 10.2. The first-order valence-electron chi connectivity index (χ1n) is 12.5. The topological polar surface area (TPSA) is 75.3 Å². The van der Waals surface area contributed by atoms with Gasteiger partial charge in [0.25, 0.3) is 0 Å². The van der Waals surface area contributed by atoms with Gasteiger partial charge in [0.2, 0.25) is 5.91 Å². The third kappa shape index (κ3) is 4.47. The molecule has 3 aromatic rings. The zero-order chi connectivity index (χ0) is 25.0. The minimum atomic E-state index is -4.50. The van der Waals surface area contributed by atoms with Gasteiger partial charge >= 0.3 is 6.18 Å². The molecule has 36 heavy (non-hydrogen) atoms. The molecule has 0 radical (unpaired) electrons. The van der Waals surface area contributed by atoms with Crippen LogP contribution < -0.4 is 10.6 Å². The lowest BCUT2D eigenvalue weighted by molar-refractivity contribution is -0.163. The normalized spacial score (nSPS) is 20.7. The third-order valence-corrected chi connectivity index (χ3v) is 7.55. The van der Waals surface area contributed by atoms with E-state index in [-0.39, 0.29) is 18.5 Å². The number of carbonyl (C=O) groups excluding carboxylic acids is 1. The average molecular weight is 496 g/mol. The molecular formula is C27H28F3N5O. The highest BCUT2D eigenvalue weighted by Gasteiger charge is 2.44. The average Bonchev–Trinajstić information content (AvgIpc) is 3.75. The van der Waals surface area contributed by atoms with Crippen LogP contribution in [-0.4, -0.2) is 52.6 Å². The van der Waals surface area contributed by atoms with Crippen LogP contribution in [-0.2, 0) is 4.79 Å². The summed E-state index contributed by atoms with van der Waals surface area (Å²) < 4.78 is 38.7. The number of fused-ring (bicyclic) bond motifs is 1. The van der Waals surface area contributed by atoms with Crippen LogP contribution in [0.4, 0.5) is 24.7 Å². The van der Waals surface area contributed by atoms with Crippen molar-refractivity contribution in [3.05, 3.63) is 48.4 Å². The molecular weight excluding hydrogens is 467 g/mol. The molecule has 3 heterocycles. The summed E-state index contributed by atoms with van der Waals surface area (Å²) in [4.78, 5) is 25.3. The molecule has 0 bridgehead atoms. The van der Waals surface area contributed by atoms with E-state index in [0.29, 0.717) is 30.5 Å². The van der Waals surface area contributed by atoms with E-state index in [1.54, 1.807) is 6.20 Å². The van der Waals surface area contributed by atoms with Crippen LogP contribution in [0.15, 0.2) is 42.7 Å². The zero-order valence-corrected chi connectivity index (χ0v) is 19.8. The molecule has 2 aromatic heterocycles. The van der Waals surface area contributed by atoms with E-state index in [4.69, 9.17) is 10.7 Å². The Morgan fingerprint density at radius 1 is 1.08 bits per heavy atom. The third-order valence-electron chi connectivity index (χ3n) is 7.55. The molecule has 2 aliphatic carbocycles. The SMILES string of the molecule is Nc1cc(-c2cccc3cnccc23)c(C2CC2)nc1N1CCN(C(=O)CC(F)(F)F)[C@H](C2CC2)C1. The quantitative estimate of drug-likeness (QED) is 0.531. The lowest BCUT2D eigenvalue weighted by Gasteiger charge is -2.43. The number of nitrogens with two attached hydrogens (primary N) is 1. The van der Waals surface area contributed by atoms with E-state index in [0.717, 1.165) is 53.3 Å². The van der Waals surface area contributed by atoms with E-state index in [9.17, 15) is 18.0 Å². The van der Waals surface area contributed by atoms with Crippen molar-refractivity contribution in [1.82, 2.24) is 14.9 Å². The number of pyridine rings is 2. The second-order valence-electron chi connectivity index (χ2n) is 10.2. The number of nitrogens with zero attached hydrogens (tertiary/aromatic N) is 4. The van der Waals surface area contributed by atoms with Crippen molar-refractivity contribution in [2.45, 2.75) is 50.2 Å². The number of hydrogen-bond donors (Lipinski definition) is 1. The summed E-state index contributed by atoms with van der Waals surface area (Å²) >= 11 is 0. The number of halogens is 3. The minimum absolute atomic E-state index is 0.234. The van der Waals surface area contributed by atoms with Gasteiger partial charge in [-0.1, -0.05) is 18.2 Å². The van der Waals surface area contributed by atoms with Crippen LogP contribution in [0.2, 0.25) is 0 Å². The highest BCUT2D eigenvalue weighted by atomic mass is 19.4. The first-order chi connectivity index (χ1) is 17.3. The first-order valence-corrected chi connectivity index (χ1v) is 12.5. The standard InChI is InChI=1S/C27H28F3N5O/c28-27(29,30)13-24(36)35-11-10-34(15-23(35)16-4-5-16)26-22(31)12-21(25(33-26)17-6-7-17)20-3-1-2-18-14-32-9-8-19(18)20/h1-3,8-9,12,14,16-17,23H,4-7,10-11,13,15,31H2/t23-/m0/s1. The second kappa shape index (κ2) is 8.64. The number of rotatable bonds is 5. The smallest absolute Gasteiger partial charge is 0.396 e. The molecule has 0 spiro atoms. The summed E-state index contributed by atoms with van der Waals surface area (Å²) in [7, 11) is 0. The van der Waals surface area contributed by atoms with Gasteiger partial charge in [-0.2, -0.15) is 13.2 Å². The van der Waals surface area contributed by atoms with E-state index in [1.165, 1.54) is 4.90 Å². The first kappa shape index (κ1) is 23.1. The van der Waals surface area contributed by atoms with Crippen LogP contribution in [0.3, 0.4) is 0 Å². The molecule has 3 fully saturated rings. The minimum Gasteiger partial charge on any atom is -0.396 e. The van der Waals surface area contributed by atoms with Crippen molar-refractivity contribution in [3.63, 3.8) is 0 Å². The van der Waals surface area contributed by atoms with Crippen molar-refractivity contribution < 1.29 is 18.0 Å². The number of benzene rings is 1. The maximum absolute atomic E-state index is 12.9. The Morgan fingerprint density at radius 2 is 1.89 bits per heavy atom. The van der Waals surface area contributed by atoms with E-state index in [2.05, 4.69) is 16.0 Å². The van der Waals surface area contributed by atoms with Crippen molar-refractivity contribution >= 4 is 28.2 Å². The van der Waals surface area contributed by atoms with Gasteiger partial charge in [0.1, 0.15) is 6.42 Å². The number of carbonyl (C=O) groups is 1. The van der Waals surface area contributed by atoms with Crippen LogP contribution in [0, 0.1) is 5.92 Å². The van der Waals surface area contributed by atoms with Crippen LogP contribution in [0.5, 0.6) is 0 Å². The highest BCUT2D eigenvalue weighted by molar-refractivity contribution is 5.97. The molecule has 0 unspecified atom stereocenters. The Kier molecular flexibility index (Phi) is 5.53. The fraction of sp³-hybridized carbons (Fsp3) is 0.444. The molecule has 1 atom stereocenters. The summed E-state index contributed by atoms with van der Waals surface area (Å²) in [5, 5.41) is 2.14. The maximum atomic E-state index is 12.9. The Labute approximate surface area is 207 Å². The summed E-state index contributed by atoms with van der Waals surface area (Å²) in [6, 6.07) is 9.88. The molecule has 6 nitrogen and oxygen atoms in total. The van der Waals surface area contributed by atoms with Crippen LogP contribution in [0.25, 0.3) is 21.9 Å². The number of piperazine rings is 1. The van der Waals surface area contributed by atoms with Crippen molar-refractivity contribution in [1.29, 1.82) is 0 Å². The predicted molar refractivity (Wildman–Crippen MR) is 132 cm³/mol. The number of hydrogen-bond acceptors (Lipinski definition) is 5. The van der Waals surface area contributed by atoms with Crippen molar-refractivity contribution in [2.24, 2.45) is 5.92 Å². The molecule has 1 amide bonds. The molecule has 2 N–H and O–H groups in total. The van der Waals surface area contributed by atoms with Crippen LogP contribution in [0.1, 0.15) is 43.7 Å². The van der Waals surface area contributed by atoms with Gasteiger partial charge in [0.15, 0.2) is 5.82 Å². The van der Waals surface area contributed by atoms with Gasteiger partial charge in [-0.3, -0.25) is 9.78 Å². The number of nitrogen functional groups attached to an aromatic ring is 1. The van der Waals surface area contributed by atoms with Gasteiger partial charge in [0, 0.05) is 48.9 Å². The number of aromatic nitrogens is 2. The monoisotopic (exact) mass is 495 g/mol. The lowest BCUT2D eigenvalue weighted by Crippen LogP contribution is -2.57. The molecule has 1 aliphatic heterocycles. The molecule has 9 heteroatoms. The summed E-state index contributed by atoms with van der Waals surface area (Å²) in [6.45, 7) is 1.11. The number of amides is 1.